The first kappa shape index (κ1) is 13.5. The van der Waals surface area contributed by atoms with Crippen molar-refractivity contribution in [3.63, 3.8) is 0 Å². The zero-order valence-electron chi connectivity index (χ0n) is 11.2. The van der Waals surface area contributed by atoms with Crippen LogP contribution in [0.15, 0.2) is 23.3 Å². The van der Waals surface area contributed by atoms with Crippen molar-refractivity contribution >= 4 is 22.5 Å². The minimum absolute atomic E-state index is 0.000908. The summed E-state index contributed by atoms with van der Waals surface area (Å²) in [4.78, 5) is 16.9. The molecule has 2 heterocycles. The molecule has 0 spiro atoms. The number of aromatic nitrogens is 2. The Bertz CT molecular complexity index is 693. The Hall–Kier alpha value is -1.43. The molecule has 20 heavy (non-hydrogen) atoms. The average molecular weight is 294 g/mol. The van der Waals surface area contributed by atoms with Crippen molar-refractivity contribution in [2.75, 3.05) is 19.7 Å². The maximum atomic E-state index is 12.5. The smallest absolute Gasteiger partial charge is 0.261 e. The molecule has 0 aliphatic carbocycles. The van der Waals surface area contributed by atoms with Crippen LogP contribution in [0.5, 0.6) is 0 Å². The van der Waals surface area contributed by atoms with E-state index in [-0.39, 0.29) is 11.7 Å². The standard InChI is InChI=1S/C14H16ClN3O2/c1-9-4-10(15)5-12-13(9)17-8-18(14(12)19)7-11-6-16-2-3-20-11/h4-5,8,11,16H,2-3,6-7H2,1H3. The molecule has 1 fully saturated rings. The molecule has 2 aromatic rings. The third-order valence-electron chi connectivity index (χ3n) is 3.49. The molecule has 0 radical (unpaired) electrons. The van der Waals surface area contributed by atoms with Gasteiger partial charge >= 0.3 is 0 Å². The quantitative estimate of drug-likeness (QED) is 0.908. The molecule has 5 nitrogen and oxygen atoms in total. The summed E-state index contributed by atoms with van der Waals surface area (Å²) in [6, 6.07) is 3.49. The normalized spacial score (nSPS) is 19.4. The molecular formula is C14H16ClN3O2. The van der Waals surface area contributed by atoms with Gasteiger partial charge in [-0.2, -0.15) is 0 Å². The monoisotopic (exact) mass is 293 g/mol. The lowest BCUT2D eigenvalue weighted by atomic mass is 10.1. The van der Waals surface area contributed by atoms with Crippen LogP contribution in [0, 0.1) is 6.92 Å². The third kappa shape index (κ3) is 2.57. The van der Waals surface area contributed by atoms with Gasteiger partial charge in [0, 0.05) is 18.1 Å². The molecule has 1 aliphatic heterocycles. The number of morpholine rings is 1. The molecule has 1 unspecified atom stereocenters. The predicted octanol–water partition coefficient (Wildman–Crippen LogP) is 1.35. The maximum Gasteiger partial charge on any atom is 0.261 e. The molecule has 0 amide bonds. The molecule has 1 N–H and O–H groups in total. The molecule has 1 aromatic carbocycles. The zero-order chi connectivity index (χ0) is 14.1. The van der Waals surface area contributed by atoms with E-state index in [2.05, 4.69) is 10.3 Å². The number of fused-ring (bicyclic) bond motifs is 1. The van der Waals surface area contributed by atoms with Gasteiger partial charge in [0.15, 0.2) is 0 Å². The van der Waals surface area contributed by atoms with Crippen molar-refractivity contribution in [2.45, 2.75) is 19.6 Å². The van der Waals surface area contributed by atoms with Gasteiger partial charge in [-0.15, -0.1) is 0 Å². The Kier molecular flexibility index (Phi) is 3.74. The number of ether oxygens (including phenoxy) is 1. The molecule has 3 rings (SSSR count). The first-order valence-corrected chi connectivity index (χ1v) is 7.00. The van der Waals surface area contributed by atoms with E-state index in [4.69, 9.17) is 16.3 Å². The molecule has 6 heteroatoms. The van der Waals surface area contributed by atoms with E-state index in [0.29, 0.717) is 29.1 Å². The number of hydrogen-bond acceptors (Lipinski definition) is 4. The first-order chi connectivity index (χ1) is 9.65. The molecule has 1 aliphatic rings. The topological polar surface area (TPSA) is 56.2 Å². The van der Waals surface area contributed by atoms with Gasteiger partial charge in [0.05, 0.1) is 36.5 Å². The number of halogens is 1. The van der Waals surface area contributed by atoms with Gasteiger partial charge in [-0.1, -0.05) is 11.6 Å². The van der Waals surface area contributed by atoms with Crippen molar-refractivity contribution in [1.29, 1.82) is 0 Å². The minimum atomic E-state index is -0.0743. The Morgan fingerprint density at radius 2 is 2.40 bits per heavy atom. The van der Waals surface area contributed by atoms with Gasteiger partial charge in [-0.25, -0.2) is 4.98 Å². The first-order valence-electron chi connectivity index (χ1n) is 6.63. The number of rotatable bonds is 2. The lowest BCUT2D eigenvalue weighted by Crippen LogP contribution is -2.42. The lowest BCUT2D eigenvalue weighted by Gasteiger charge is -2.24. The molecule has 106 valence electrons. The average Bonchev–Trinajstić information content (AvgIpc) is 2.43. The third-order valence-corrected chi connectivity index (χ3v) is 3.71. The van der Waals surface area contributed by atoms with Gasteiger partial charge < -0.3 is 10.1 Å². The lowest BCUT2D eigenvalue weighted by molar-refractivity contribution is 0.0175. The van der Waals surface area contributed by atoms with Crippen LogP contribution in [-0.2, 0) is 11.3 Å². The van der Waals surface area contributed by atoms with Gasteiger partial charge in [-0.3, -0.25) is 9.36 Å². The summed E-state index contributed by atoms with van der Waals surface area (Å²) in [5.74, 6) is 0. The highest BCUT2D eigenvalue weighted by molar-refractivity contribution is 6.31. The van der Waals surface area contributed by atoms with E-state index in [1.807, 2.05) is 13.0 Å². The van der Waals surface area contributed by atoms with Crippen LogP contribution < -0.4 is 10.9 Å². The Morgan fingerprint density at radius 3 is 3.15 bits per heavy atom. The van der Waals surface area contributed by atoms with Crippen molar-refractivity contribution in [2.24, 2.45) is 0 Å². The Labute approximate surface area is 121 Å². The van der Waals surface area contributed by atoms with Gasteiger partial charge in [0.1, 0.15) is 0 Å². The fourth-order valence-electron chi connectivity index (χ4n) is 2.49. The highest BCUT2D eigenvalue weighted by atomic mass is 35.5. The summed E-state index contributed by atoms with van der Waals surface area (Å²) in [5.41, 5.74) is 1.54. The molecule has 0 bridgehead atoms. The summed E-state index contributed by atoms with van der Waals surface area (Å²) < 4.78 is 7.21. The minimum Gasteiger partial charge on any atom is -0.374 e. The van der Waals surface area contributed by atoms with Gasteiger partial charge in [0.25, 0.3) is 5.56 Å². The van der Waals surface area contributed by atoms with Crippen molar-refractivity contribution in [1.82, 2.24) is 14.9 Å². The summed E-state index contributed by atoms with van der Waals surface area (Å²) in [7, 11) is 0. The van der Waals surface area contributed by atoms with Crippen LogP contribution in [0.2, 0.25) is 5.02 Å². The second-order valence-corrected chi connectivity index (χ2v) is 5.45. The van der Waals surface area contributed by atoms with Crippen LogP contribution in [-0.4, -0.2) is 35.4 Å². The fraction of sp³-hybridized carbons (Fsp3) is 0.429. The molecule has 1 saturated heterocycles. The van der Waals surface area contributed by atoms with E-state index < -0.39 is 0 Å². The van der Waals surface area contributed by atoms with Crippen molar-refractivity contribution in [3.8, 4) is 0 Å². The van der Waals surface area contributed by atoms with Crippen LogP contribution >= 0.6 is 11.6 Å². The molecule has 1 aromatic heterocycles. The molecular weight excluding hydrogens is 278 g/mol. The fourth-order valence-corrected chi connectivity index (χ4v) is 2.76. The zero-order valence-corrected chi connectivity index (χ0v) is 12.0. The second kappa shape index (κ2) is 5.52. The summed E-state index contributed by atoms with van der Waals surface area (Å²) >= 11 is 6.03. The van der Waals surface area contributed by atoms with E-state index in [0.717, 1.165) is 18.7 Å². The second-order valence-electron chi connectivity index (χ2n) is 5.02. The van der Waals surface area contributed by atoms with E-state index in [1.165, 1.54) is 0 Å². The number of nitrogens with one attached hydrogen (secondary N) is 1. The van der Waals surface area contributed by atoms with Crippen LogP contribution in [0.25, 0.3) is 10.9 Å². The number of benzene rings is 1. The molecule has 0 saturated carbocycles. The highest BCUT2D eigenvalue weighted by Gasteiger charge is 2.16. The van der Waals surface area contributed by atoms with Crippen molar-refractivity contribution in [3.05, 3.63) is 39.4 Å². The van der Waals surface area contributed by atoms with Gasteiger partial charge in [-0.05, 0) is 24.6 Å². The highest BCUT2D eigenvalue weighted by Crippen LogP contribution is 2.19. The summed E-state index contributed by atoms with van der Waals surface area (Å²) in [5, 5.41) is 4.36. The van der Waals surface area contributed by atoms with Crippen molar-refractivity contribution < 1.29 is 4.74 Å². The van der Waals surface area contributed by atoms with Crippen LogP contribution in [0.3, 0.4) is 0 Å². The SMILES string of the molecule is Cc1cc(Cl)cc2c(=O)n(CC3CNCCO3)cnc12. The van der Waals surface area contributed by atoms with Crippen LogP contribution in [0.4, 0.5) is 0 Å². The predicted molar refractivity (Wildman–Crippen MR) is 78.4 cm³/mol. The summed E-state index contributed by atoms with van der Waals surface area (Å²) in [6.45, 7) is 4.68. The van der Waals surface area contributed by atoms with E-state index >= 15 is 0 Å². The van der Waals surface area contributed by atoms with Crippen LogP contribution in [0.1, 0.15) is 5.56 Å². The maximum absolute atomic E-state index is 12.5. The van der Waals surface area contributed by atoms with Gasteiger partial charge in [0.2, 0.25) is 0 Å². The molecule has 1 atom stereocenters. The number of aryl methyl sites for hydroxylation is 1. The number of nitrogens with zero attached hydrogens (tertiary/aromatic N) is 2. The van der Waals surface area contributed by atoms with E-state index in [9.17, 15) is 4.79 Å². The summed E-state index contributed by atoms with van der Waals surface area (Å²) in [6.07, 6.45) is 1.59. The number of hydrogen-bond donors (Lipinski definition) is 1. The largest absolute Gasteiger partial charge is 0.374 e. The Balaban J connectivity index is 2.00. The Morgan fingerprint density at radius 1 is 1.55 bits per heavy atom. The van der Waals surface area contributed by atoms with E-state index in [1.54, 1.807) is 17.0 Å².